The Labute approximate surface area is 141 Å². The fourth-order valence-corrected chi connectivity index (χ4v) is 2.81. The fraction of sp³-hybridized carbons (Fsp3) is 0.438. The number of imidazole rings is 1. The summed E-state index contributed by atoms with van der Waals surface area (Å²) >= 11 is 0. The van der Waals surface area contributed by atoms with Crippen LogP contribution in [0.5, 0.6) is 0 Å². The lowest BCUT2D eigenvalue weighted by atomic mass is 10.2. The van der Waals surface area contributed by atoms with Gasteiger partial charge in [-0.3, -0.25) is 9.58 Å². The van der Waals surface area contributed by atoms with Crippen LogP contribution in [0.15, 0.2) is 23.9 Å². The summed E-state index contributed by atoms with van der Waals surface area (Å²) in [4.78, 5) is 9.13. The zero-order valence-corrected chi connectivity index (χ0v) is 14.1. The van der Waals surface area contributed by atoms with Crippen molar-refractivity contribution >= 4 is 29.0 Å². The predicted octanol–water partition coefficient (Wildman–Crippen LogP) is 2.45. The van der Waals surface area contributed by atoms with Crippen LogP contribution in [0.4, 0.5) is 11.5 Å². The van der Waals surface area contributed by atoms with Gasteiger partial charge in [-0.25, -0.2) is 9.97 Å². The van der Waals surface area contributed by atoms with Crippen LogP contribution >= 0.6 is 0 Å². The molecule has 3 N–H and O–H groups in total. The Kier molecular flexibility index (Phi) is 4.66. The normalized spacial score (nSPS) is 18.2. The maximum absolute atomic E-state index is 5.99. The standard InChI is InChI=1S/C16H23N7O/c1-4-22(3)19-10-18-12-9-13(17)21-16-15(12)20-11(2)23(16)14-7-5-6-8-24-14/h4,9-10,14H,1,5-8H2,2-3H3,(H3,17,18,19,21). The summed E-state index contributed by atoms with van der Waals surface area (Å²) in [6.07, 6.45) is 6.33. The number of hydrazone groups is 1. The number of nitrogens with zero attached hydrogens (tertiary/aromatic N) is 5. The molecule has 1 atom stereocenters. The highest BCUT2D eigenvalue weighted by Crippen LogP contribution is 2.31. The second kappa shape index (κ2) is 6.88. The molecule has 2 aromatic heterocycles. The van der Waals surface area contributed by atoms with Gasteiger partial charge in [0.05, 0.1) is 5.69 Å². The van der Waals surface area contributed by atoms with E-state index in [1.54, 1.807) is 30.7 Å². The second-order valence-electron chi connectivity index (χ2n) is 5.76. The van der Waals surface area contributed by atoms with E-state index in [9.17, 15) is 0 Å². The van der Waals surface area contributed by atoms with Crippen molar-refractivity contribution in [3.63, 3.8) is 0 Å². The quantitative estimate of drug-likeness (QED) is 0.497. The Morgan fingerprint density at radius 3 is 3.04 bits per heavy atom. The molecule has 1 unspecified atom stereocenters. The first-order chi connectivity index (χ1) is 11.6. The highest BCUT2D eigenvalue weighted by Gasteiger charge is 2.22. The lowest BCUT2D eigenvalue weighted by Crippen LogP contribution is -2.19. The Morgan fingerprint density at radius 1 is 1.50 bits per heavy atom. The molecule has 3 rings (SSSR count). The molecule has 128 valence electrons. The van der Waals surface area contributed by atoms with E-state index in [2.05, 4.69) is 27.0 Å². The van der Waals surface area contributed by atoms with E-state index in [-0.39, 0.29) is 6.23 Å². The first kappa shape index (κ1) is 16.3. The largest absolute Gasteiger partial charge is 0.384 e. The topological polar surface area (TPSA) is 93.6 Å². The highest BCUT2D eigenvalue weighted by atomic mass is 16.5. The van der Waals surface area contributed by atoms with E-state index in [1.807, 2.05) is 11.5 Å². The molecular formula is C16H23N7O. The molecule has 1 saturated heterocycles. The molecule has 1 aliphatic heterocycles. The summed E-state index contributed by atoms with van der Waals surface area (Å²) in [7, 11) is 1.79. The first-order valence-corrected chi connectivity index (χ1v) is 8.01. The van der Waals surface area contributed by atoms with Gasteiger partial charge in [-0.2, -0.15) is 5.10 Å². The lowest BCUT2D eigenvalue weighted by molar-refractivity contribution is -0.0308. The van der Waals surface area contributed by atoms with Crippen molar-refractivity contribution in [3.05, 3.63) is 24.7 Å². The maximum atomic E-state index is 5.99. The van der Waals surface area contributed by atoms with Crippen LogP contribution in [-0.2, 0) is 4.74 Å². The monoisotopic (exact) mass is 329 g/mol. The predicted molar refractivity (Wildman–Crippen MR) is 95.6 cm³/mol. The van der Waals surface area contributed by atoms with Crippen LogP contribution in [0, 0.1) is 6.92 Å². The molecule has 0 spiro atoms. The molecule has 0 aromatic carbocycles. The van der Waals surface area contributed by atoms with Crippen LogP contribution in [0.3, 0.4) is 0 Å². The molecule has 1 fully saturated rings. The minimum absolute atomic E-state index is 0.0357. The minimum atomic E-state index is -0.0357. The van der Waals surface area contributed by atoms with Crippen molar-refractivity contribution in [1.82, 2.24) is 19.5 Å². The van der Waals surface area contributed by atoms with Gasteiger partial charge in [0.1, 0.15) is 29.7 Å². The van der Waals surface area contributed by atoms with E-state index in [0.29, 0.717) is 5.82 Å². The van der Waals surface area contributed by atoms with Crippen molar-refractivity contribution in [2.45, 2.75) is 32.4 Å². The molecule has 0 radical (unpaired) electrons. The van der Waals surface area contributed by atoms with E-state index in [4.69, 9.17) is 10.5 Å². The summed E-state index contributed by atoms with van der Waals surface area (Å²) in [5, 5.41) is 8.86. The average Bonchev–Trinajstić information content (AvgIpc) is 2.91. The molecule has 24 heavy (non-hydrogen) atoms. The van der Waals surface area contributed by atoms with Gasteiger partial charge in [0.15, 0.2) is 5.65 Å². The van der Waals surface area contributed by atoms with E-state index in [1.165, 1.54) is 0 Å². The smallest absolute Gasteiger partial charge is 0.166 e. The van der Waals surface area contributed by atoms with Gasteiger partial charge in [0, 0.05) is 25.9 Å². The molecule has 8 nitrogen and oxygen atoms in total. The summed E-state index contributed by atoms with van der Waals surface area (Å²) < 4.78 is 7.93. The molecule has 0 aliphatic carbocycles. The van der Waals surface area contributed by atoms with Crippen molar-refractivity contribution in [2.24, 2.45) is 5.10 Å². The summed E-state index contributed by atoms with van der Waals surface area (Å²) in [5.41, 5.74) is 8.23. The molecule has 0 saturated carbocycles. The third kappa shape index (κ3) is 3.18. The number of fused-ring (bicyclic) bond motifs is 1. The highest BCUT2D eigenvalue weighted by molar-refractivity contribution is 5.93. The van der Waals surface area contributed by atoms with Crippen molar-refractivity contribution < 1.29 is 4.74 Å². The molecule has 0 amide bonds. The van der Waals surface area contributed by atoms with Crippen LogP contribution < -0.4 is 11.1 Å². The Morgan fingerprint density at radius 2 is 2.33 bits per heavy atom. The van der Waals surface area contributed by atoms with E-state index >= 15 is 0 Å². The van der Waals surface area contributed by atoms with Crippen LogP contribution in [-0.4, -0.2) is 39.5 Å². The number of hydrogen-bond acceptors (Lipinski definition) is 6. The third-order valence-electron chi connectivity index (χ3n) is 4.01. The van der Waals surface area contributed by atoms with Crippen LogP contribution in [0.2, 0.25) is 0 Å². The SMILES string of the molecule is C=CN(C)/N=C\Nc1cc(N)nc2c1nc(C)n2C1CCCCO1. The Hall–Kier alpha value is -2.61. The number of aryl methyl sites for hydroxylation is 1. The zero-order valence-electron chi connectivity index (χ0n) is 14.1. The van der Waals surface area contributed by atoms with Gasteiger partial charge in [0.2, 0.25) is 0 Å². The third-order valence-corrected chi connectivity index (χ3v) is 4.01. The molecule has 2 aromatic rings. The van der Waals surface area contributed by atoms with Crippen molar-refractivity contribution in [1.29, 1.82) is 0 Å². The number of nitrogens with two attached hydrogens (primary N) is 1. The molecular weight excluding hydrogens is 306 g/mol. The number of rotatable bonds is 5. The number of nitrogen functional groups attached to an aromatic ring is 1. The summed E-state index contributed by atoms with van der Waals surface area (Å²) in [6, 6.07) is 1.75. The molecule has 8 heteroatoms. The van der Waals surface area contributed by atoms with E-state index < -0.39 is 0 Å². The van der Waals surface area contributed by atoms with E-state index in [0.717, 1.165) is 48.5 Å². The first-order valence-electron chi connectivity index (χ1n) is 8.01. The molecule has 3 heterocycles. The summed E-state index contributed by atoms with van der Waals surface area (Å²) in [5.74, 6) is 1.28. The Balaban J connectivity index is 1.99. The fourth-order valence-electron chi connectivity index (χ4n) is 2.81. The van der Waals surface area contributed by atoms with Crippen molar-refractivity contribution in [2.75, 3.05) is 24.7 Å². The van der Waals surface area contributed by atoms with Gasteiger partial charge < -0.3 is 15.8 Å². The lowest BCUT2D eigenvalue weighted by Gasteiger charge is -2.25. The number of anilines is 2. The molecule has 1 aliphatic rings. The van der Waals surface area contributed by atoms with Gasteiger partial charge in [-0.05, 0) is 26.2 Å². The Bertz CT molecular complexity index is 761. The molecule has 0 bridgehead atoms. The van der Waals surface area contributed by atoms with Crippen LogP contribution in [0.25, 0.3) is 11.2 Å². The maximum Gasteiger partial charge on any atom is 0.166 e. The van der Waals surface area contributed by atoms with Crippen molar-refractivity contribution in [3.8, 4) is 0 Å². The number of pyridine rings is 1. The second-order valence-corrected chi connectivity index (χ2v) is 5.76. The summed E-state index contributed by atoms with van der Waals surface area (Å²) in [6.45, 7) is 6.36. The van der Waals surface area contributed by atoms with Gasteiger partial charge in [0.25, 0.3) is 0 Å². The zero-order chi connectivity index (χ0) is 17.1. The number of ether oxygens (including phenoxy) is 1. The minimum Gasteiger partial charge on any atom is -0.384 e. The van der Waals surface area contributed by atoms with Gasteiger partial charge >= 0.3 is 0 Å². The van der Waals surface area contributed by atoms with Gasteiger partial charge in [-0.1, -0.05) is 6.58 Å². The average molecular weight is 329 g/mol. The number of nitrogens with one attached hydrogen (secondary N) is 1. The van der Waals surface area contributed by atoms with Gasteiger partial charge in [-0.15, -0.1) is 0 Å². The number of hydrogen-bond donors (Lipinski definition) is 2. The van der Waals surface area contributed by atoms with Crippen LogP contribution in [0.1, 0.15) is 31.3 Å². The number of aromatic nitrogens is 3.